The van der Waals surface area contributed by atoms with Gasteiger partial charge in [0.1, 0.15) is 0 Å². The molecule has 0 atom stereocenters. The highest BCUT2D eigenvalue weighted by molar-refractivity contribution is 9.10. The van der Waals surface area contributed by atoms with Gasteiger partial charge in [0.15, 0.2) is 0 Å². The van der Waals surface area contributed by atoms with Gasteiger partial charge in [-0.15, -0.1) is 11.3 Å². The normalized spacial score (nSPS) is 18.1. The van der Waals surface area contributed by atoms with E-state index < -0.39 is 0 Å². The molecule has 0 bridgehead atoms. The lowest BCUT2D eigenvalue weighted by molar-refractivity contribution is -0.128. The molecule has 94 valence electrons. The highest BCUT2D eigenvalue weighted by atomic mass is 79.9. The number of carbonyl (C=O) groups is 1. The molecule has 1 saturated heterocycles. The van der Waals surface area contributed by atoms with Crippen LogP contribution in [0.5, 0.6) is 0 Å². The summed E-state index contributed by atoms with van der Waals surface area (Å²) in [5.74, 6) is 0.200. The van der Waals surface area contributed by atoms with E-state index in [1.807, 2.05) is 4.90 Å². The van der Waals surface area contributed by atoms with Crippen LogP contribution in [0.15, 0.2) is 15.9 Å². The van der Waals surface area contributed by atoms with E-state index in [9.17, 15) is 4.79 Å². The van der Waals surface area contributed by atoms with Gasteiger partial charge in [0.2, 0.25) is 5.91 Å². The Morgan fingerprint density at radius 2 is 2.24 bits per heavy atom. The van der Waals surface area contributed by atoms with Crippen LogP contribution in [0.1, 0.15) is 18.2 Å². The fraction of sp³-hybridized carbons (Fsp3) is 0.583. The Bertz CT molecular complexity index is 394. The Balaban J connectivity index is 1.88. The van der Waals surface area contributed by atoms with Crippen LogP contribution in [0.25, 0.3) is 0 Å². The summed E-state index contributed by atoms with van der Waals surface area (Å²) in [5, 5.41) is 2.12. The molecular weight excluding hydrogens is 300 g/mol. The first kappa shape index (κ1) is 13.1. The van der Waals surface area contributed by atoms with Gasteiger partial charge in [-0.2, -0.15) is 0 Å². The molecule has 0 spiro atoms. The SMILES string of the molecule is CC(=O)N1CCCN(Cc2cc(Br)cs2)CC1. The zero-order chi connectivity index (χ0) is 12.3. The third-order valence-electron chi connectivity index (χ3n) is 3.04. The molecular formula is C12H17BrN2OS. The van der Waals surface area contributed by atoms with Crippen LogP contribution in [0.4, 0.5) is 0 Å². The number of hydrogen-bond acceptors (Lipinski definition) is 3. The number of hydrogen-bond donors (Lipinski definition) is 0. The minimum Gasteiger partial charge on any atom is -0.342 e. The van der Waals surface area contributed by atoms with E-state index in [1.54, 1.807) is 18.3 Å². The number of thiophene rings is 1. The van der Waals surface area contributed by atoms with Gasteiger partial charge in [-0.3, -0.25) is 9.69 Å². The van der Waals surface area contributed by atoms with Crippen LogP contribution >= 0.6 is 27.3 Å². The van der Waals surface area contributed by atoms with Crippen molar-refractivity contribution >= 4 is 33.2 Å². The van der Waals surface area contributed by atoms with E-state index in [0.29, 0.717) is 0 Å². The molecule has 0 saturated carbocycles. The zero-order valence-corrected chi connectivity index (χ0v) is 12.4. The summed E-state index contributed by atoms with van der Waals surface area (Å²) in [4.78, 5) is 17.1. The van der Waals surface area contributed by atoms with Gasteiger partial charge in [0.25, 0.3) is 0 Å². The number of nitrogens with zero attached hydrogens (tertiary/aromatic N) is 2. The van der Waals surface area contributed by atoms with Crippen molar-refractivity contribution in [3.8, 4) is 0 Å². The highest BCUT2D eigenvalue weighted by Crippen LogP contribution is 2.21. The molecule has 1 aromatic heterocycles. The first-order valence-corrected chi connectivity index (χ1v) is 7.53. The number of halogens is 1. The van der Waals surface area contributed by atoms with Crippen molar-refractivity contribution < 1.29 is 4.79 Å². The standard InChI is InChI=1S/C12H17BrN2OS/c1-10(16)15-4-2-3-14(5-6-15)8-12-7-11(13)9-17-12/h7,9H,2-6,8H2,1H3. The quantitative estimate of drug-likeness (QED) is 0.837. The van der Waals surface area contributed by atoms with Gasteiger partial charge in [-0.05, 0) is 28.4 Å². The molecule has 17 heavy (non-hydrogen) atoms. The van der Waals surface area contributed by atoms with Crippen molar-refractivity contribution in [2.24, 2.45) is 0 Å². The van der Waals surface area contributed by atoms with Gasteiger partial charge in [0, 0.05) is 54.4 Å². The summed E-state index contributed by atoms with van der Waals surface area (Å²) >= 11 is 5.27. The Morgan fingerprint density at radius 1 is 1.41 bits per heavy atom. The minimum absolute atomic E-state index is 0.200. The molecule has 0 unspecified atom stereocenters. The van der Waals surface area contributed by atoms with Crippen LogP contribution in [0, 0.1) is 0 Å². The Hall–Kier alpha value is -0.390. The van der Waals surface area contributed by atoms with E-state index in [2.05, 4.69) is 32.3 Å². The second-order valence-electron chi connectivity index (χ2n) is 4.37. The molecule has 0 aromatic carbocycles. The van der Waals surface area contributed by atoms with Crippen LogP contribution in [0.2, 0.25) is 0 Å². The fourth-order valence-corrected chi connectivity index (χ4v) is 3.59. The largest absolute Gasteiger partial charge is 0.342 e. The molecule has 1 aliphatic rings. The first-order chi connectivity index (χ1) is 8.15. The number of rotatable bonds is 2. The summed E-state index contributed by atoms with van der Waals surface area (Å²) in [6, 6.07) is 2.18. The molecule has 1 fully saturated rings. The predicted octanol–water partition coefficient (Wildman–Crippen LogP) is 2.56. The maximum Gasteiger partial charge on any atom is 0.219 e. The van der Waals surface area contributed by atoms with E-state index in [-0.39, 0.29) is 5.91 Å². The van der Waals surface area contributed by atoms with Crippen molar-refractivity contribution in [2.45, 2.75) is 19.9 Å². The van der Waals surface area contributed by atoms with Crippen molar-refractivity contribution in [1.82, 2.24) is 9.80 Å². The monoisotopic (exact) mass is 316 g/mol. The van der Waals surface area contributed by atoms with Crippen molar-refractivity contribution in [3.05, 3.63) is 20.8 Å². The van der Waals surface area contributed by atoms with E-state index >= 15 is 0 Å². The fourth-order valence-electron chi connectivity index (χ4n) is 2.10. The first-order valence-electron chi connectivity index (χ1n) is 5.86. The molecule has 3 nitrogen and oxygen atoms in total. The molecule has 2 rings (SSSR count). The van der Waals surface area contributed by atoms with Crippen LogP contribution in [-0.2, 0) is 11.3 Å². The molecule has 1 aromatic rings. The summed E-state index contributed by atoms with van der Waals surface area (Å²) in [6.45, 7) is 6.49. The van der Waals surface area contributed by atoms with Gasteiger partial charge < -0.3 is 4.90 Å². The van der Waals surface area contributed by atoms with E-state index in [4.69, 9.17) is 0 Å². The zero-order valence-electron chi connectivity index (χ0n) is 9.99. The number of carbonyl (C=O) groups excluding carboxylic acids is 1. The lowest BCUT2D eigenvalue weighted by Crippen LogP contribution is -2.33. The number of amides is 1. The van der Waals surface area contributed by atoms with Gasteiger partial charge in [0.05, 0.1) is 0 Å². The summed E-state index contributed by atoms with van der Waals surface area (Å²) in [5.41, 5.74) is 0. The van der Waals surface area contributed by atoms with E-state index in [0.717, 1.165) is 43.6 Å². The molecule has 0 aliphatic carbocycles. The summed E-state index contributed by atoms with van der Waals surface area (Å²) in [6.07, 6.45) is 1.08. The molecule has 1 aliphatic heterocycles. The second-order valence-corrected chi connectivity index (χ2v) is 6.28. The van der Waals surface area contributed by atoms with E-state index in [1.165, 1.54) is 4.88 Å². The molecule has 0 radical (unpaired) electrons. The molecule has 5 heteroatoms. The third kappa shape index (κ3) is 3.79. The second kappa shape index (κ2) is 5.98. The van der Waals surface area contributed by atoms with Crippen molar-refractivity contribution in [1.29, 1.82) is 0 Å². The van der Waals surface area contributed by atoms with Crippen LogP contribution < -0.4 is 0 Å². The lowest BCUT2D eigenvalue weighted by atomic mass is 10.3. The molecule has 2 heterocycles. The Labute approximate surface area is 115 Å². The van der Waals surface area contributed by atoms with Gasteiger partial charge in [-0.1, -0.05) is 0 Å². The predicted molar refractivity (Wildman–Crippen MR) is 74.2 cm³/mol. The van der Waals surface area contributed by atoms with Gasteiger partial charge in [-0.25, -0.2) is 0 Å². The maximum atomic E-state index is 11.3. The smallest absolute Gasteiger partial charge is 0.219 e. The molecule has 1 amide bonds. The summed E-state index contributed by atoms with van der Waals surface area (Å²) < 4.78 is 1.16. The maximum absolute atomic E-state index is 11.3. The average Bonchev–Trinajstić information content (AvgIpc) is 2.54. The third-order valence-corrected chi connectivity index (χ3v) is 4.72. The van der Waals surface area contributed by atoms with Crippen molar-refractivity contribution in [3.63, 3.8) is 0 Å². The van der Waals surface area contributed by atoms with Gasteiger partial charge >= 0.3 is 0 Å². The Kier molecular flexibility index (Phi) is 4.59. The lowest BCUT2D eigenvalue weighted by Gasteiger charge is -2.20. The molecule has 0 N–H and O–H groups in total. The van der Waals surface area contributed by atoms with Crippen LogP contribution in [-0.4, -0.2) is 41.9 Å². The minimum atomic E-state index is 0.200. The topological polar surface area (TPSA) is 23.6 Å². The summed E-state index contributed by atoms with van der Waals surface area (Å²) in [7, 11) is 0. The van der Waals surface area contributed by atoms with Crippen molar-refractivity contribution in [2.75, 3.05) is 26.2 Å². The average molecular weight is 317 g/mol. The van der Waals surface area contributed by atoms with Crippen LogP contribution in [0.3, 0.4) is 0 Å². The Morgan fingerprint density at radius 3 is 2.88 bits per heavy atom. The highest BCUT2D eigenvalue weighted by Gasteiger charge is 2.16.